The third-order valence-corrected chi connectivity index (χ3v) is 5.48. The smallest absolute Gasteiger partial charge is 0.305 e. The van der Waals surface area contributed by atoms with Crippen LogP contribution in [0.1, 0.15) is 59.9 Å². The molecule has 194 valence electrons. The predicted molar refractivity (Wildman–Crippen MR) is 145 cm³/mol. The highest BCUT2D eigenvalue weighted by Crippen LogP contribution is 2.21. The highest BCUT2D eigenvalue weighted by molar-refractivity contribution is 6.07. The van der Waals surface area contributed by atoms with Gasteiger partial charge in [0.2, 0.25) is 0 Å². The van der Waals surface area contributed by atoms with E-state index in [9.17, 15) is 14.4 Å². The molecule has 0 spiro atoms. The summed E-state index contributed by atoms with van der Waals surface area (Å²) in [4.78, 5) is 36.9. The van der Waals surface area contributed by atoms with Gasteiger partial charge < -0.3 is 20.1 Å². The van der Waals surface area contributed by atoms with Crippen molar-refractivity contribution < 1.29 is 23.9 Å². The van der Waals surface area contributed by atoms with E-state index in [1.807, 2.05) is 24.3 Å². The lowest BCUT2D eigenvalue weighted by atomic mass is 10.0. The summed E-state index contributed by atoms with van der Waals surface area (Å²) in [6.45, 7) is 6.73. The fourth-order valence-corrected chi connectivity index (χ4v) is 3.71. The van der Waals surface area contributed by atoms with E-state index in [1.54, 1.807) is 55.5 Å². The van der Waals surface area contributed by atoms with Crippen LogP contribution >= 0.6 is 0 Å². The fourth-order valence-electron chi connectivity index (χ4n) is 3.71. The Hall–Kier alpha value is -4.13. The average Bonchev–Trinajstić information content (AvgIpc) is 2.88. The quantitative estimate of drug-likeness (QED) is 0.230. The van der Waals surface area contributed by atoms with Crippen molar-refractivity contribution in [2.45, 2.75) is 40.0 Å². The van der Waals surface area contributed by atoms with E-state index in [2.05, 4.69) is 24.5 Å². The van der Waals surface area contributed by atoms with Crippen LogP contribution in [0.5, 0.6) is 5.75 Å². The van der Waals surface area contributed by atoms with Gasteiger partial charge >= 0.3 is 5.97 Å². The Bertz CT molecular complexity index is 1190. The van der Waals surface area contributed by atoms with E-state index >= 15 is 0 Å². The van der Waals surface area contributed by atoms with Crippen LogP contribution < -0.4 is 15.4 Å². The van der Waals surface area contributed by atoms with Gasteiger partial charge in [0.25, 0.3) is 11.8 Å². The minimum atomic E-state index is -0.320. The number of carbonyl (C=O) groups is 3. The molecule has 0 heterocycles. The van der Waals surface area contributed by atoms with Crippen LogP contribution in [0.3, 0.4) is 0 Å². The number of rotatable bonds is 12. The van der Waals surface area contributed by atoms with Crippen LogP contribution in [-0.4, -0.2) is 31.0 Å². The minimum absolute atomic E-state index is 0.193. The first-order valence-electron chi connectivity index (χ1n) is 12.5. The van der Waals surface area contributed by atoms with Gasteiger partial charge in [-0.15, -0.1) is 0 Å². The number of benzene rings is 3. The summed E-state index contributed by atoms with van der Waals surface area (Å²) in [6.07, 6.45) is 1.72. The molecule has 3 aromatic carbocycles. The Balaban J connectivity index is 1.54. The van der Waals surface area contributed by atoms with Gasteiger partial charge in [-0.2, -0.15) is 0 Å². The molecule has 0 saturated carbocycles. The lowest BCUT2D eigenvalue weighted by Crippen LogP contribution is -2.15. The van der Waals surface area contributed by atoms with Crippen LogP contribution in [0.4, 0.5) is 11.4 Å². The molecule has 0 fully saturated rings. The van der Waals surface area contributed by atoms with E-state index in [0.717, 1.165) is 6.42 Å². The highest BCUT2D eigenvalue weighted by atomic mass is 16.5. The SMILES string of the molecule is CCOC(=O)CCCOc1ccccc1C(=O)Nc1ccc(NC(=O)c2ccc(CC(C)C)cc2)cc1. The van der Waals surface area contributed by atoms with Crippen LogP contribution in [-0.2, 0) is 16.0 Å². The van der Waals surface area contributed by atoms with Gasteiger partial charge in [-0.3, -0.25) is 14.4 Å². The van der Waals surface area contributed by atoms with Crippen molar-refractivity contribution in [1.82, 2.24) is 0 Å². The van der Waals surface area contributed by atoms with Gasteiger partial charge in [0.1, 0.15) is 5.75 Å². The lowest BCUT2D eigenvalue weighted by molar-refractivity contribution is -0.143. The first-order chi connectivity index (χ1) is 17.9. The van der Waals surface area contributed by atoms with Crippen molar-refractivity contribution in [2.24, 2.45) is 5.92 Å². The standard InChI is InChI=1S/C30H34N2O5/c1-4-36-28(33)10-7-19-37-27-9-6-5-8-26(27)30(35)32-25-17-15-24(16-18-25)31-29(34)23-13-11-22(12-14-23)20-21(2)3/h5-6,8-9,11-18,21H,4,7,10,19-20H2,1-3H3,(H,31,34)(H,32,35). The minimum Gasteiger partial charge on any atom is -0.493 e. The number of hydrogen-bond donors (Lipinski definition) is 2. The van der Waals surface area contributed by atoms with E-state index < -0.39 is 0 Å². The maximum atomic E-state index is 12.9. The predicted octanol–water partition coefficient (Wildman–Crippen LogP) is 6.11. The Morgan fingerprint density at radius 2 is 1.43 bits per heavy atom. The third kappa shape index (κ3) is 8.79. The molecule has 0 saturated heterocycles. The molecular weight excluding hydrogens is 468 g/mol. The van der Waals surface area contributed by atoms with Crippen LogP contribution in [0, 0.1) is 5.92 Å². The van der Waals surface area contributed by atoms with Gasteiger partial charge in [0.15, 0.2) is 0 Å². The largest absolute Gasteiger partial charge is 0.493 e. The summed E-state index contributed by atoms with van der Waals surface area (Å²) in [5.74, 6) is 0.215. The number of hydrogen-bond acceptors (Lipinski definition) is 5. The monoisotopic (exact) mass is 502 g/mol. The first-order valence-corrected chi connectivity index (χ1v) is 12.5. The van der Waals surface area contributed by atoms with Gasteiger partial charge in [-0.25, -0.2) is 0 Å². The molecule has 0 aromatic heterocycles. The molecular formula is C30H34N2O5. The van der Waals surface area contributed by atoms with Crippen molar-refractivity contribution in [3.05, 3.63) is 89.5 Å². The third-order valence-electron chi connectivity index (χ3n) is 5.48. The van der Waals surface area contributed by atoms with Crippen molar-refractivity contribution in [1.29, 1.82) is 0 Å². The van der Waals surface area contributed by atoms with Crippen LogP contribution in [0.15, 0.2) is 72.8 Å². The van der Waals surface area contributed by atoms with Gasteiger partial charge in [-0.1, -0.05) is 38.1 Å². The highest BCUT2D eigenvalue weighted by Gasteiger charge is 2.13. The Kier molecular flexibility index (Phi) is 10.3. The zero-order valence-corrected chi connectivity index (χ0v) is 21.6. The zero-order valence-electron chi connectivity index (χ0n) is 21.6. The maximum Gasteiger partial charge on any atom is 0.305 e. The first kappa shape index (κ1) is 27.5. The molecule has 3 rings (SSSR count). The second kappa shape index (κ2) is 13.8. The number of ether oxygens (including phenoxy) is 2. The number of amides is 2. The van der Waals surface area contributed by atoms with Gasteiger partial charge in [0, 0.05) is 23.4 Å². The molecule has 0 aliphatic rings. The summed E-state index contributed by atoms with van der Waals surface area (Å²) in [5.41, 5.74) is 3.38. The summed E-state index contributed by atoms with van der Waals surface area (Å²) in [6, 6.07) is 21.5. The number of nitrogens with one attached hydrogen (secondary N) is 2. The van der Waals surface area contributed by atoms with Crippen molar-refractivity contribution in [2.75, 3.05) is 23.8 Å². The molecule has 0 aliphatic carbocycles. The molecule has 0 atom stereocenters. The molecule has 37 heavy (non-hydrogen) atoms. The van der Waals surface area contributed by atoms with E-state index in [-0.39, 0.29) is 30.8 Å². The second-order valence-electron chi connectivity index (χ2n) is 9.03. The van der Waals surface area contributed by atoms with Crippen LogP contribution in [0.2, 0.25) is 0 Å². The van der Waals surface area contributed by atoms with Crippen molar-refractivity contribution >= 4 is 29.2 Å². The summed E-state index contributed by atoms with van der Waals surface area (Å²) >= 11 is 0. The van der Waals surface area contributed by atoms with Gasteiger partial charge in [0.05, 0.1) is 18.8 Å². The van der Waals surface area contributed by atoms with Crippen LogP contribution in [0.25, 0.3) is 0 Å². The normalized spacial score (nSPS) is 10.6. The Morgan fingerprint density at radius 3 is 2.05 bits per heavy atom. The molecule has 3 aromatic rings. The number of esters is 1. The summed E-state index contributed by atoms with van der Waals surface area (Å²) in [5, 5.41) is 5.73. The lowest BCUT2D eigenvalue weighted by Gasteiger charge is -2.12. The second-order valence-corrected chi connectivity index (χ2v) is 9.03. The number of anilines is 2. The van der Waals surface area contributed by atoms with E-state index in [1.165, 1.54) is 5.56 Å². The molecule has 7 nitrogen and oxygen atoms in total. The summed E-state index contributed by atoms with van der Waals surface area (Å²) < 4.78 is 10.6. The fraction of sp³-hybridized carbons (Fsp3) is 0.300. The molecule has 0 unspecified atom stereocenters. The summed E-state index contributed by atoms with van der Waals surface area (Å²) in [7, 11) is 0. The van der Waals surface area contributed by atoms with Crippen molar-refractivity contribution in [3.63, 3.8) is 0 Å². The molecule has 0 radical (unpaired) electrons. The topological polar surface area (TPSA) is 93.7 Å². The van der Waals surface area contributed by atoms with Crippen molar-refractivity contribution in [3.8, 4) is 5.75 Å². The van der Waals surface area contributed by atoms with E-state index in [4.69, 9.17) is 9.47 Å². The van der Waals surface area contributed by atoms with Gasteiger partial charge in [-0.05, 0) is 79.8 Å². The van der Waals surface area contributed by atoms with E-state index in [0.29, 0.717) is 47.2 Å². The molecule has 0 aliphatic heterocycles. The Labute approximate surface area is 218 Å². The molecule has 0 bridgehead atoms. The molecule has 2 N–H and O–H groups in total. The zero-order chi connectivity index (χ0) is 26.6. The number of carbonyl (C=O) groups excluding carboxylic acids is 3. The Morgan fingerprint density at radius 1 is 0.811 bits per heavy atom. The number of para-hydroxylation sites is 1. The molecule has 7 heteroatoms. The molecule has 2 amide bonds. The average molecular weight is 503 g/mol. The maximum absolute atomic E-state index is 12.9.